The lowest BCUT2D eigenvalue weighted by Gasteiger charge is -2.48. The molecule has 0 aromatic heterocycles. The van der Waals surface area contributed by atoms with Gasteiger partial charge in [-0.3, -0.25) is 4.90 Å². The van der Waals surface area contributed by atoms with Crippen LogP contribution in [-0.4, -0.2) is 43.8 Å². The third-order valence-corrected chi connectivity index (χ3v) is 2.90. The Morgan fingerprint density at radius 2 is 2.07 bits per heavy atom. The lowest BCUT2D eigenvalue weighted by molar-refractivity contribution is 0.0601. The van der Waals surface area contributed by atoms with Gasteiger partial charge in [0.05, 0.1) is 0 Å². The molecule has 1 aliphatic rings. The number of likely N-dealkylation sites (tertiary alicyclic amines) is 1. The van der Waals surface area contributed by atoms with Gasteiger partial charge in [-0.15, -0.1) is 0 Å². The first kappa shape index (κ1) is 12.0. The molecule has 0 unspecified atom stereocenters. The van der Waals surface area contributed by atoms with Gasteiger partial charge >= 0.3 is 0 Å². The van der Waals surface area contributed by atoms with Crippen molar-refractivity contribution in [3.8, 4) is 0 Å². The van der Waals surface area contributed by atoms with Crippen molar-refractivity contribution in [2.45, 2.75) is 38.1 Å². The van der Waals surface area contributed by atoms with E-state index >= 15 is 0 Å². The molecule has 0 aromatic carbocycles. The predicted molar refractivity (Wildman–Crippen MR) is 59.4 cm³/mol. The van der Waals surface area contributed by atoms with Gasteiger partial charge in [0, 0.05) is 32.3 Å². The predicted octanol–water partition coefficient (Wildman–Crippen LogP) is 1.23. The Hall–Kier alpha value is -0.120. The first-order valence-electron chi connectivity index (χ1n) is 5.70. The van der Waals surface area contributed by atoms with Gasteiger partial charge in [-0.2, -0.15) is 0 Å². The molecule has 0 amide bonds. The minimum absolute atomic E-state index is 0.135. The van der Waals surface area contributed by atoms with E-state index in [1.165, 1.54) is 32.2 Å². The van der Waals surface area contributed by atoms with Crippen LogP contribution in [0.2, 0.25) is 0 Å². The number of unbranched alkanes of at least 4 members (excludes halogenated alkanes) is 1. The fraction of sp³-hybridized carbons (Fsp3) is 1.00. The number of hydrogen-bond acceptors (Lipinski definition) is 3. The molecule has 0 radical (unpaired) electrons. The first-order valence-corrected chi connectivity index (χ1v) is 5.70. The van der Waals surface area contributed by atoms with E-state index in [2.05, 4.69) is 11.8 Å². The summed E-state index contributed by atoms with van der Waals surface area (Å²) in [6, 6.07) is 0. The van der Waals surface area contributed by atoms with E-state index in [9.17, 15) is 0 Å². The van der Waals surface area contributed by atoms with Crippen LogP contribution >= 0.6 is 0 Å². The van der Waals surface area contributed by atoms with Crippen molar-refractivity contribution in [2.24, 2.45) is 5.73 Å². The van der Waals surface area contributed by atoms with E-state index in [0.29, 0.717) is 0 Å². The van der Waals surface area contributed by atoms with Crippen LogP contribution in [0, 0.1) is 0 Å². The van der Waals surface area contributed by atoms with Crippen molar-refractivity contribution in [1.82, 2.24) is 4.90 Å². The number of nitrogens with zero attached hydrogens (tertiary/aromatic N) is 1. The van der Waals surface area contributed by atoms with Crippen LogP contribution in [0.25, 0.3) is 0 Å². The highest BCUT2D eigenvalue weighted by Gasteiger charge is 2.37. The molecule has 14 heavy (non-hydrogen) atoms. The van der Waals surface area contributed by atoms with Gasteiger partial charge < -0.3 is 10.5 Å². The quantitative estimate of drug-likeness (QED) is 0.628. The molecule has 0 aliphatic carbocycles. The van der Waals surface area contributed by atoms with E-state index < -0.39 is 0 Å². The van der Waals surface area contributed by atoms with E-state index in [1.807, 2.05) is 0 Å². The normalized spacial score (nSPS) is 20.8. The Morgan fingerprint density at radius 3 is 2.64 bits per heavy atom. The van der Waals surface area contributed by atoms with Crippen molar-refractivity contribution in [1.29, 1.82) is 0 Å². The second-order valence-electron chi connectivity index (χ2n) is 4.52. The molecule has 84 valence electrons. The molecule has 0 aromatic rings. The zero-order valence-electron chi connectivity index (χ0n) is 9.59. The highest BCUT2D eigenvalue weighted by molar-refractivity contribution is 4.99. The van der Waals surface area contributed by atoms with E-state index in [0.717, 1.165) is 19.7 Å². The molecule has 1 heterocycles. The number of hydrogen-bond donors (Lipinski definition) is 1. The van der Waals surface area contributed by atoms with Gasteiger partial charge in [-0.1, -0.05) is 13.3 Å². The molecule has 1 fully saturated rings. The zero-order valence-corrected chi connectivity index (χ0v) is 9.59. The zero-order chi connectivity index (χ0) is 10.4. The number of nitrogens with two attached hydrogens (primary N) is 1. The smallest absolute Gasteiger partial charge is 0.0462 e. The molecule has 1 aliphatic heterocycles. The molecule has 2 N–H and O–H groups in total. The Morgan fingerprint density at radius 1 is 1.36 bits per heavy atom. The molecular formula is C11H24N2O. The average Bonchev–Trinajstić information content (AvgIpc) is 2.10. The molecule has 3 heteroatoms. The van der Waals surface area contributed by atoms with Gasteiger partial charge in [0.1, 0.15) is 0 Å². The SMILES string of the molecule is CCCC1(N)CN(CCCCOC)C1. The van der Waals surface area contributed by atoms with Crippen molar-refractivity contribution in [3.63, 3.8) is 0 Å². The third kappa shape index (κ3) is 3.56. The maximum Gasteiger partial charge on any atom is 0.0462 e. The van der Waals surface area contributed by atoms with Crippen LogP contribution in [-0.2, 0) is 4.74 Å². The summed E-state index contributed by atoms with van der Waals surface area (Å²) in [5, 5.41) is 0. The topological polar surface area (TPSA) is 38.5 Å². The second kappa shape index (κ2) is 5.69. The molecule has 0 atom stereocenters. The summed E-state index contributed by atoms with van der Waals surface area (Å²) in [6.07, 6.45) is 4.77. The fourth-order valence-electron chi connectivity index (χ4n) is 2.24. The summed E-state index contributed by atoms with van der Waals surface area (Å²) in [5.74, 6) is 0. The molecule has 3 nitrogen and oxygen atoms in total. The summed E-state index contributed by atoms with van der Waals surface area (Å²) in [7, 11) is 1.76. The van der Waals surface area contributed by atoms with E-state index in [-0.39, 0.29) is 5.54 Å². The molecule has 0 saturated carbocycles. The Labute approximate surface area is 87.6 Å². The largest absolute Gasteiger partial charge is 0.385 e. The van der Waals surface area contributed by atoms with Crippen LogP contribution in [0.15, 0.2) is 0 Å². The summed E-state index contributed by atoms with van der Waals surface area (Å²) in [6.45, 7) is 6.46. The average molecular weight is 200 g/mol. The van der Waals surface area contributed by atoms with Crippen LogP contribution in [0.3, 0.4) is 0 Å². The highest BCUT2D eigenvalue weighted by atomic mass is 16.5. The maximum absolute atomic E-state index is 6.17. The molecule has 0 bridgehead atoms. The van der Waals surface area contributed by atoms with Crippen LogP contribution < -0.4 is 5.73 Å². The first-order chi connectivity index (χ1) is 6.70. The minimum Gasteiger partial charge on any atom is -0.385 e. The lowest BCUT2D eigenvalue weighted by atomic mass is 9.86. The third-order valence-electron chi connectivity index (χ3n) is 2.90. The standard InChI is InChI=1S/C11H24N2O/c1-3-6-11(12)9-13(10-11)7-4-5-8-14-2/h3-10,12H2,1-2H3. The van der Waals surface area contributed by atoms with Gasteiger partial charge in [0.2, 0.25) is 0 Å². The van der Waals surface area contributed by atoms with Gasteiger partial charge in [0.15, 0.2) is 0 Å². The molecule has 0 spiro atoms. The summed E-state index contributed by atoms with van der Waals surface area (Å²) in [5.41, 5.74) is 6.30. The highest BCUT2D eigenvalue weighted by Crippen LogP contribution is 2.23. The summed E-state index contributed by atoms with van der Waals surface area (Å²) in [4.78, 5) is 2.45. The van der Waals surface area contributed by atoms with Gasteiger partial charge in [-0.25, -0.2) is 0 Å². The number of methoxy groups -OCH3 is 1. The van der Waals surface area contributed by atoms with Crippen molar-refractivity contribution in [2.75, 3.05) is 33.4 Å². The van der Waals surface area contributed by atoms with Crippen LogP contribution in [0.1, 0.15) is 32.6 Å². The van der Waals surface area contributed by atoms with E-state index in [1.54, 1.807) is 7.11 Å². The van der Waals surface area contributed by atoms with Crippen molar-refractivity contribution >= 4 is 0 Å². The van der Waals surface area contributed by atoms with E-state index in [4.69, 9.17) is 10.5 Å². The maximum atomic E-state index is 6.17. The Kier molecular flexibility index (Phi) is 4.85. The minimum atomic E-state index is 0.135. The van der Waals surface area contributed by atoms with Crippen LogP contribution in [0.5, 0.6) is 0 Å². The van der Waals surface area contributed by atoms with Gasteiger partial charge in [-0.05, 0) is 25.8 Å². The van der Waals surface area contributed by atoms with Crippen LogP contribution in [0.4, 0.5) is 0 Å². The fourth-order valence-corrected chi connectivity index (χ4v) is 2.24. The Balaban J connectivity index is 1.98. The summed E-state index contributed by atoms with van der Waals surface area (Å²) < 4.78 is 5.01. The van der Waals surface area contributed by atoms with Gasteiger partial charge in [0.25, 0.3) is 0 Å². The monoisotopic (exact) mass is 200 g/mol. The number of ether oxygens (including phenoxy) is 1. The second-order valence-corrected chi connectivity index (χ2v) is 4.52. The molecular weight excluding hydrogens is 176 g/mol. The molecule has 1 rings (SSSR count). The summed E-state index contributed by atoms with van der Waals surface area (Å²) >= 11 is 0. The lowest BCUT2D eigenvalue weighted by Crippen LogP contribution is -2.67. The number of rotatable bonds is 7. The molecule has 1 saturated heterocycles. The Bertz CT molecular complexity index is 155. The van der Waals surface area contributed by atoms with Crippen molar-refractivity contribution in [3.05, 3.63) is 0 Å². The van der Waals surface area contributed by atoms with Crippen molar-refractivity contribution < 1.29 is 4.74 Å².